The van der Waals surface area contributed by atoms with Gasteiger partial charge in [-0.2, -0.15) is 0 Å². The highest BCUT2D eigenvalue weighted by atomic mass is 35.5. The van der Waals surface area contributed by atoms with Crippen molar-refractivity contribution in [3.8, 4) is 0 Å². The number of aryl methyl sites for hydroxylation is 1. The first-order valence-electron chi connectivity index (χ1n) is 10.0. The van der Waals surface area contributed by atoms with Gasteiger partial charge in [0.25, 0.3) is 5.91 Å². The molecule has 0 aliphatic carbocycles. The minimum atomic E-state index is -3.58. The number of thiazole rings is 1. The number of anilines is 1. The highest BCUT2D eigenvalue weighted by Gasteiger charge is 2.27. The number of fused-ring (bicyclic) bond motifs is 1. The molecule has 3 aromatic carbocycles. The topological polar surface area (TPSA) is 67.3 Å². The van der Waals surface area contributed by atoms with Crippen LogP contribution in [0.3, 0.4) is 0 Å². The first-order valence-corrected chi connectivity index (χ1v) is 12.9. The van der Waals surface area contributed by atoms with Crippen molar-refractivity contribution in [2.45, 2.75) is 25.3 Å². The van der Waals surface area contributed by atoms with Crippen LogP contribution in [0.15, 0.2) is 71.6 Å². The second kappa shape index (κ2) is 9.02. The summed E-state index contributed by atoms with van der Waals surface area (Å²) in [6.07, 6.45) is 0. The zero-order valence-corrected chi connectivity index (χ0v) is 20.0. The summed E-state index contributed by atoms with van der Waals surface area (Å²) in [5, 5.41) is 1.09. The number of sulfone groups is 1. The van der Waals surface area contributed by atoms with Gasteiger partial charge in [-0.05, 0) is 42.3 Å². The first kappa shape index (κ1) is 22.5. The van der Waals surface area contributed by atoms with E-state index in [4.69, 9.17) is 16.6 Å². The molecular formula is C24H21ClN2O3S2. The van der Waals surface area contributed by atoms with E-state index in [0.29, 0.717) is 10.2 Å². The molecule has 0 aliphatic heterocycles. The lowest BCUT2D eigenvalue weighted by Gasteiger charge is -2.21. The molecule has 0 atom stereocenters. The Morgan fingerprint density at radius 2 is 1.75 bits per heavy atom. The SMILES string of the molecule is CCS(=O)(=O)c1ccccc1C(=O)N(Cc1ccccc1)c1nc2c(C)cc(Cl)cc2s1. The average molecular weight is 485 g/mol. The molecule has 0 saturated carbocycles. The Hall–Kier alpha value is -2.74. The van der Waals surface area contributed by atoms with Gasteiger partial charge in [-0.25, -0.2) is 13.4 Å². The van der Waals surface area contributed by atoms with Crippen LogP contribution in [0.25, 0.3) is 10.2 Å². The Kier molecular flexibility index (Phi) is 6.33. The number of aromatic nitrogens is 1. The van der Waals surface area contributed by atoms with Crippen molar-refractivity contribution in [2.75, 3.05) is 10.7 Å². The lowest BCUT2D eigenvalue weighted by molar-refractivity contribution is 0.0982. The van der Waals surface area contributed by atoms with Crippen LogP contribution in [0.2, 0.25) is 5.02 Å². The molecule has 0 bridgehead atoms. The summed E-state index contributed by atoms with van der Waals surface area (Å²) in [6.45, 7) is 3.75. The number of amides is 1. The summed E-state index contributed by atoms with van der Waals surface area (Å²) in [7, 11) is -3.58. The van der Waals surface area contributed by atoms with Gasteiger partial charge in [-0.3, -0.25) is 9.69 Å². The molecule has 1 heterocycles. The molecule has 0 radical (unpaired) electrons. The van der Waals surface area contributed by atoms with E-state index in [1.807, 2.05) is 49.4 Å². The van der Waals surface area contributed by atoms with Gasteiger partial charge in [0.2, 0.25) is 0 Å². The van der Waals surface area contributed by atoms with E-state index in [0.717, 1.165) is 21.3 Å². The van der Waals surface area contributed by atoms with Crippen LogP contribution in [-0.4, -0.2) is 25.1 Å². The molecule has 4 rings (SSSR count). The van der Waals surface area contributed by atoms with Gasteiger partial charge in [0.1, 0.15) is 0 Å². The number of nitrogens with zero attached hydrogens (tertiary/aromatic N) is 2. The summed E-state index contributed by atoms with van der Waals surface area (Å²) in [6, 6.07) is 19.5. The molecule has 0 fully saturated rings. The normalized spacial score (nSPS) is 11.6. The van der Waals surface area contributed by atoms with Crippen molar-refractivity contribution < 1.29 is 13.2 Å². The first-order chi connectivity index (χ1) is 15.3. The standard InChI is InChI=1S/C24H21ClN2O3S2/c1-3-32(29,30)21-12-8-7-11-19(21)23(28)27(15-17-9-5-4-6-10-17)24-26-22-16(2)13-18(25)14-20(22)31-24/h4-14H,3,15H2,1-2H3. The predicted molar refractivity (Wildman–Crippen MR) is 130 cm³/mol. The quantitative estimate of drug-likeness (QED) is 0.341. The molecule has 0 aliphatic rings. The minimum absolute atomic E-state index is 0.0332. The maximum absolute atomic E-state index is 13.8. The van der Waals surface area contributed by atoms with Gasteiger partial charge in [-0.1, -0.05) is 72.3 Å². The van der Waals surface area contributed by atoms with Crippen LogP contribution in [-0.2, 0) is 16.4 Å². The number of rotatable bonds is 6. The highest BCUT2D eigenvalue weighted by molar-refractivity contribution is 7.91. The molecule has 1 amide bonds. The number of halogens is 1. The predicted octanol–water partition coefficient (Wildman–Crippen LogP) is 5.90. The molecule has 1 aromatic heterocycles. The van der Waals surface area contributed by atoms with Gasteiger partial charge in [0, 0.05) is 5.02 Å². The summed E-state index contributed by atoms with van der Waals surface area (Å²) in [5.74, 6) is -0.501. The Morgan fingerprint density at radius 1 is 1.06 bits per heavy atom. The smallest absolute Gasteiger partial charge is 0.261 e. The van der Waals surface area contributed by atoms with Crippen molar-refractivity contribution >= 4 is 54.0 Å². The Labute approximate surface area is 196 Å². The van der Waals surface area contributed by atoms with Crippen molar-refractivity contribution in [3.05, 3.63) is 88.4 Å². The Morgan fingerprint density at radius 3 is 2.47 bits per heavy atom. The number of benzene rings is 3. The second-order valence-electron chi connectivity index (χ2n) is 7.34. The lowest BCUT2D eigenvalue weighted by Crippen LogP contribution is -2.31. The van der Waals surface area contributed by atoms with Crippen LogP contribution >= 0.6 is 22.9 Å². The Balaban J connectivity index is 1.86. The van der Waals surface area contributed by atoms with Gasteiger partial charge in [0.15, 0.2) is 15.0 Å². The van der Waals surface area contributed by atoms with Crippen molar-refractivity contribution in [1.82, 2.24) is 4.98 Å². The van der Waals surface area contributed by atoms with Crippen LogP contribution in [0.4, 0.5) is 5.13 Å². The highest BCUT2D eigenvalue weighted by Crippen LogP contribution is 2.35. The molecule has 32 heavy (non-hydrogen) atoms. The zero-order valence-electron chi connectivity index (χ0n) is 17.6. The van der Waals surface area contributed by atoms with E-state index < -0.39 is 15.7 Å². The third-order valence-corrected chi connectivity index (χ3v) is 8.16. The molecule has 4 aromatic rings. The maximum Gasteiger partial charge on any atom is 0.261 e. The average Bonchev–Trinajstić information content (AvgIpc) is 3.22. The molecule has 0 spiro atoms. The summed E-state index contributed by atoms with van der Waals surface area (Å²) >= 11 is 7.57. The number of hydrogen-bond donors (Lipinski definition) is 0. The lowest BCUT2D eigenvalue weighted by atomic mass is 10.1. The fourth-order valence-corrected chi connectivity index (χ4v) is 5.97. The fourth-order valence-electron chi connectivity index (χ4n) is 3.47. The zero-order chi connectivity index (χ0) is 22.9. The van der Waals surface area contributed by atoms with Crippen molar-refractivity contribution in [1.29, 1.82) is 0 Å². The molecule has 0 unspecified atom stereocenters. The fraction of sp³-hybridized carbons (Fsp3) is 0.167. The molecule has 164 valence electrons. The van der Waals surface area contributed by atoms with E-state index in [1.165, 1.54) is 22.3 Å². The van der Waals surface area contributed by atoms with E-state index in [-0.39, 0.29) is 22.8 Å². The Bertz CT molecular complexity index is 1400. The number of carbonyl (C=O) groups excluding carboxylic acids is 1. The third-order valence-electron chi connectivity index (χ3n) is 5.13. The van der Waals surface area contributed by atoms with Crippen LogP contribution in [0, 0.1) is 6.92 Å². The van der Waals surface area contributed by atoms with Crippen LogP contribution in [0.5, 0.6) is 0 Å². The van der Waals surface area contributed by atoms with Crippen molar-refractivity contribution in [3.63, 3.8) is 0 Å². The molecular weight excluding hydrogens is 464 g/mol. The van der Waals surface area contributed by atoms with E-state index in [9.17, 15) is 13.2 Å². The van der Waals surface area contributed by atoms with Crippen LogP contribution < -0.4 is 4.90 Å². The van der Waals surface area contributed by atoms with E-state index in [1.54, 1.807) is 25.1 Å². The van der Waals surface area contributed by atoms with Gasteiger partial charge in [-0.15, -0.1) is 0 Å². The van der Waals surface area contributed by atoms with Crippen LogP contribution in [0.1, 0.15) is 28.4 Å². The molecule has 8 heteroatoms. The number of hydrogen-bond acceptors (Lipinski definition) is 5. The van der Waals surface area contributed by atoms with E-state index in [2.05, 4.69) is 0 Å². The summed E-state index contributed by atoms with van der Waals surface area (Å²) in [4.78, 5) is 20.1. The van der Waals surface area contributed by atoms with Gasteiger partial charge < -0.3 is 0 Å². The molecule has 0 saturated heterocycles. The van der Waals surface area contributed by atoms with Gasteiger partial charge in [0.05, 0.1) is 33.0 Å². The van der Waals surface area contributed by atoms with Gasteiger partial charge >= 0.3 is 0 Å². The molecule has 5 nitrogen and oxygen atoms in total. The monoisotopic (exact) mass is 484 g/mol. The summed E-state index contributed by atoms with van der Waals surface area (Å²) in [5.41, 5.74) is 2.73. The minimum Gasteiger partial charge on any atom is -0.279 e. The van der Waals surface area contributed by atoms with E-state index >= 15 is 0 Å². The third kappa shape index (κ3) is 4.41. The summed E-state index contributed by atoms with van der Waals surface area (Å²) < 4.78 is 26.2. The maximum atomic E-state index is 13.8. The molecule has 0 N–H and O–H groups in total. The van der Waals surface area contributed by atoms with Crippen molar-refractivity contribution in [2.24, 2.45) is 0 Å². The largest absolute Gasteiger partial charge is 0.279 e. The number of carbonyl (C=O) groups is 1. The second-order valence-corrected chi connectivity index (χ2v) is 11.0.